The van der Waals surface area contributed by atoms with Crippen LogP contribution in [0.1, 0.15) is 38.3 Å². The van der Waals surface area contributed by atoms with Gasteiger partial charge in [-0.25, -0.2) is 0 Å². The number of fused-ring (bicyclic) bond motifs is 1. The summed E-state index contributed by atoms with van der Waals surface area (Å²) in [5.41, 5.74) is 4.80. The van der Waals surface area contributed by atoms with Gasteiger partial charge in [0.15, 0.2) is 0 Å². The van der Waals surface area contributed by atoms with E-state index < -0.39 is 0 Å². The lowest BCUT2D eigenvalue weighted by atomic mass is 10.0. The Hall–Kier alpha value is -3.51. The van der Waals surface area contributed by atoms with E-state index in [1.807, 2.05) is 12.1 Å². The lowest BCUT2D eigenvalue weighted by Crippen LogP contribution is -2.15. The van der Waals surface area contributed by atoms with Crippen molar-refractivity contribution in [3.8, 4) is 0 Å². The van der Waals surface area contributed by atoms with E-state index >= 15 is 0 Å². The number of nitrogens with one attached hydrogen (secondary N) is 3. The van der Waals surface area contributed by atoms with Crippen LogP contribution in [-0.2, 0) is 13.0 Å². The molecule has 0 radical (unpaired) electrons. The molecule has 1 aromatic heterocycles. The fraction of sp³-hybridized carbons (Fsp3) is 0.174. The highest BCUT2D eigenvalue weighted by Crippen LogP contribution is 2.20. The van der Waals surface area contributed by atoms with Crippen molar-refractivity contribution in [2.24, 2.45) is 0 Å². The van der Waals surface area contributed by atoms with Crippen LogP contribution in [0.2, 0.25) is 0 Å². The van der Waals surface area contributed by atoms with Gasteiger partial charge in [0, 0.05) is 35.9 Å². The maximum absolute atomic E-state index is 12.7. The van der Waals surface area contributed by atoms with Crippen molar-refractivity contribution in [3.05, 3.63) is 89.2 Å². The van der Waals surface area contributed by atoms with Crippen molar-refractivity contribution < 1.29 is 9.59 Å². The quantitative estimate of drug-likeness (QED) is 0.640. The Bertz CT molecular complexity index is 1030. The van der Waals surface area contributed by atoms with Crippen molar-refractivity contribution in [2.75, 3.05) is 17.2 Å². The van der Waals surface area contributed by atoms with Crippen LogP contribution in [0.15, 0.2) is 67.0 Å². The Morgan fingerprint density at radius 2 is 1.66 bits per heavy atom. The molecule has 0 bridgehead atoms. The summed E-state index contributed by atoms with van der Waals surface area (Å²) in [6.07, 6.45) is 5.28. The molecule has 0 spiro atoms. The first-order chi connectivity index (χ1) is 14.2. The highest BCUT2D eigenvalue weighted by molar-refractivity contribution is 6.07. The molecular weight excluding hydrogens is 364 g/mol. The number of carbonyl (C=O) groups excluding carboxylic acids is 2. The van der Waals surface area contributed by atoms with E-state index in [2.05, 4.69) is 27.0 Å². The summed E-state index contributed by atoms with van der Waals surface area (Å²) >= 11 is 0. The molecule has 0 aliphatic carbocycles. The zero-order chi connectivity index (χ0) is 20.1. The molecule has 6 nitrogen and oxygen atoms in total. The smallest absolute Gasteiger partial charge is 0.257 e. The van der Waals surface area contributed by atoms with Crippen molar-refractivity contribution in [1.29, 1.82) is 0 Å². The zero-order valence-corrected chi connectivity index (χ0v) is 15.9. The third-order valence-corrected chi connectivity index (χ3v) is 4.89. The number of aromatic nitrogens is 1. The van der Waals surface area contributed by atoms with Gasteiger partial charge in [0.1, 0.15) is 0 Å². The number of nitrogens with zero attached hydrogens (tertiary/aromatic N) is 1. The van der Waals surface area contributed by atoms with E-state index in [1.165, 1.54) is 17.3 Å². The zero-order valence-electron chi connectivity index (χ0n) is 15.9. The van der Waals surface area contributed by atoms with Gasteiger partial charge < -0.3 is 16.0 Å². The number of pyridine rings is 1. The average Bonchev–Trinajstić information content (AvgIpc) is 2.99. The molecule has 6 heteroatoms. The van der Waals surface area contributed by atoms with Crippen LogP contribution < -0.4 is 16.0 Å². The number of hydrogen-bond acceptors (Lipinski definition) is 4. The Morgan fingerprint density at radius 3 is 2.48 bits per heavy atom. The monoisotopic (exact) mass is 386 g/mol. The SMILES string of the molecule is O=C(Nc1cccc(C(=O)Nc2ccc3c(c2)CNCCC3)c1)c1cccnc1. The number of hydrogen-bond donors (Lipinski definition) is 3. The van der Waals surface area contributed by atoms with Crippen LogP contribution >= 0.6 is 0 Å². The summed E-state index contributed by atoms with van der Waals surface area (Å²) in [6.45, 7) is 1.82. The molecule has 0 saturated heterocycles. The molecule has 0 unspecified atom stereocenters. The molecule has 3 aromatic rings. The number of aryl methyl sites for hydroxylation is 1. The van der Waals surface area contributed by atoms with Gasteiger partial charge in [0.2, 0.25) is 0 Å². The lowest BCUT2D eigenvalue weighted by Gasteiger charge is -2.11. The molecule has 4 rings (SSSR count). The first-order valence-electron chi connectivity index (χ1n) is 9.64. The molecule has 2 amide bonds. The topological polar surface area (TPSA) is 83.1 Å². The van der Waals surface area contributed by atoms with Gasteiger partial charge in [-0.3, -0.25) is 14.6 Å². The second-order valence-corrected chi connectivity index (χ2v) is 6.99. The standard InChI is InChI=1S/C23H22N4O2/c28-22(27-21-9-8-16-5-2-10-25-15-19(16)13-21)17-4-1-7-20(12-17)26-23(29)18-6-3-11-24-14-18/h1,3-4,6-9,11-14,25H,2,5,10,15H2,(H,26,29)(H,27,28). The van der Waals surface area contributed by atoms with E-state index in [0.717, 1.165) is 31.6 Å². The third kappa shape index (κ3) is 4.67. The molecule has 2 heterocycles. The van der Waals surface area contributed by atoms with E-state index in [4.69, 9.17) is 0 Å². The minimum Gasteiger partial charge on any atom is -0.322 e. The number of benzene rings is 2. The van der Waals surface area contributed by atoms with Crippen LogP contribution in [0.5, 0.6) is 0 Å². The summed E-state index contributed by atoms with van der Waals surface area (Å²) in [5.74, 6) is -0.488. The van der Waals surface area contributed by atoms with Crippen molar-refractivity contribution in [3.63, 3.8) is 0 Å². The van der Waals surface area contributed by atoms with Gasteiger partial charge in [-0.05, 0) is 73.0 Å². The predicted octanol–water partition coefficient (Wildman–Crippen LogP) is 3.62. The highest BCUT2D eigenvalue weighted by Gasteiger charge is 2.12. The second kappa shape index (κ2) is 8.67. The molecule has 146 valence electrons. The highest BCUT2D eigenvalue weighted by atomic mass is 16.2. The van der Waals surface area contributed by atoms with Crippen LogP contribution in [0.3, 0.4) is 0 Å². The molecule has 1 aliphatic heterocycles. The summed E-state index contributed by atoms with van der Waals surface area (Å²) in [7, 11) is 0. The molecule has 3 N–H and O–H groups in total. The normalized spacial score (nSPS) is 13.1. The average molecular weight is 386 g/mol. The van der Waals surface area contributed by atoms with Crippen LogP contribution in [0, 0.1) is 0 Å². The Morgan fingerprint density at radius 1 is 0.862 bits per heavy atom. The van der Waals surface area contributed by atoms with Crippen molar-refractivity contribution >= 4 is 23.2 Å². The van der Waals surface area contributed by atoms with Gasteiger partial charge >= 0.3 is 0 Å². The fourth-order valence-electron chi connectivity index (χ4n) is 3.38. The third-order valence-electron chi connectivity index (χ3n) is 4.89. The number of carbonyl (C=O) groups is 2. The van der Waals surface area contributed by atoms with Crippen molar-refractivity contribution in [1.82, 2.24) is 10.3 Å². The van der Waals surface area contributed by atoms with Crippen LogP contribution in [0.4, 0.5) is 11.4 Å². The summed E-state index contributed by atoms with van der Waals surface area (Å²) in [5, 5.41) is 9.15. The van der Waals surface area contributed by atoms with E-state index in [0.29, 0.717) is 16.8 Å². The summed E-state index contributed by atoms with van der Waals surface area (Å²) < 4.78 is 0. The summed E-state index contributed by atoms with van der Waals surface area (Å²) in [6, 6.07) is 16.3. The minimum absolute atomic E-state index is 0.219. The molecule has 0 fully saturated rings. The van der Waals surface area contributed by atoms with Crippen molar-refractivity contribution in [2.45, 2.75) is 19.4 Å². The molecule has 0 atom stereocenters. The predicted molar refractivity (Wildman–Crippen MR) is 113 cm³/mol. The number of rotatable bonds is 4. The Kier molecular flexibility index (Phi) is 5.63. The van der Waals surface area contributed by atoms with Gasteiger partial charge in [-0.1, -0.05) is 12.1 Å². The number of amides is 2. The lowest BCUT2D eigenvalue weighted by molar-refractivity contribution is 0.101. The Labute approximate surface area is 169 Å². The fourth-order valence-corrected chi connectivity index (χ4v) is 3.38. The van der Waals surface area contributed by atoms with E-state index in [9.17, 15) is 9.59 Å². The minimum atomic E-state index is -0.270. The second-order valence-electron chi connectivity index (χ2n) is 6.99. The van der Waals surface area contributed by atoms with Crippen LogP contribution in [-0.4, -0.2) is 23.3 Å². The van der Waals surface area contributed by atoms with Crippen LogP contribution in [0.25, 0.3) is 0 Å². The van der Waals surface area contributed by atoms with Gasteiger partial charge in [0.05, 0.1) is 5.56 Å². The molecule has 29 heavy (non-hydrogen) atoms. The first kappa shape index (κ1) is 18.8. The molecular formula is C23H22N4O2. The van der Waals surface area contributed by atoms with E-state index in [-0.39, 0.29) is 11.8 Å². The maximum atomic E-state index is 12.7. The maximum Gasteiger partial charge on any atom is 0.257 e. The largest absolute Gasteiger partial charge is 0.322 e. The van der Waals surface area contributed by atoms with E-state index in [1.54, 1.807) is 42.6 Å². The molecule has 0 saturated carbocycles. The van der Waals surface area contributed by atoms with Gasteiger partial charge in [0.25, 0.3) is 11.8 Å². The van der Waals surface area contributed by atoms with Gasteiger partial charge in [-0.2, -0.15) is 0 Å². The summed E-state index contributed by atoms with van der Waals surface area (Å²) in [4.78, 5) is 28.9. The van der Waals surface area contributed by atoms with Gasteiger partial charge in [-0.15, -0.1) is 0 Å². The number of anilines is 2. The molecule has 1 aliphatic rings. The first-order valence-corrected chi connectivity index (χ1v) is 9.64. The Balaban J connectivity index is 1.46. The molecule has 2 aromatic carbocycles.